The van der Waals surface area contributed by atoms with Gasteiger partial charge in [-0.3, -0.25) is 9.89 Å². The smallest absolute Gasteiger partial charge is 0.230 e. The molecular formula is C14H17N5OS. The van der Waals surface area contributed by atoms with E-state index in [1.807, 2.05) is 13.0 Å². The van der Waals surface area contributed by atoms with Crippen LogP contribution in [0, 0.1) is 6.92 Å². The number of hydrogen-bond donors (Lipinski definition) is 2. The number of carbonyl (C=O) groups excluding carboxylic acids is 1. The van der Waals surface area contributed by atoms with Crippen molar-refractivity contribution in [2.45, 2.75) is 37.9 Å². The van der Waals surface area contributed by atoms with Crippen LogP contribution < -0.4 is 5.32 Å². The first-order valence-corrected chi connectivity index (χ1v) is 7.95. The normalized spacial score (nSPS) is 13.2. The zero-order valence-electron chi connectivity index (χ0n) is 11.8. The van der Waals surface area contributed by atoms with E-state index in [0.717, 1.165) is 24.2 Å². The lowest BCUT2D eigenvalue weighted by Gasteiger charge is -2.04. The quantitative estimate of drug-likeness (QED) is 0.644. The lowest BCUT2D eigenvalue weighted by atomic mass is 10.2. The molecule has 0 fully saturated rings. The molecule has 0 aliphatic heterocycles. The zero-order valence-corrected chi connectivity index (χ0v) is 12.7. The summed E-state index contributed by atoms with van der Waals surface area (Å²) >= 11 is 1.34. The maximum Gasteiger partial charge on any atom is 0.230 e. The monoisotopic (exact) mass is 303 g/mol. The molecule has 0 saturated carbocycles. The summed E-state index contributed by atoms with van der Waals surface area (Å²) in [6.45, 7) is 2.39. The number of carbonyl (C=O) groups is 1. The predicted octanol–water partition coefficient (Wildman–Crippen LogP) is 1.41. The standard InChI is InChI=1S/C14H17N5OS/c1-9-5-6-15-14(17-9)21-8-13(20)16-7-12-10-3-2-4-11(10)18-19-12/h5-6H,2-4,7-8H2,1H3,(H,16,20)(H,18,19). The highest BCUT2D eigenvalue weighted by atomic mass is 32.2. The second-order valence-corrected chi connectivity index (χ2v) is 5.97. The first-order chi connectivity index (χ1) is 10.2. The van der Waals surface area contributed by atoms with E-state index >= 15 is 0 Å². The molecule has 2 aromatic rings. The van der Waals surface area contributed by atoms with Gasteiger partial charge < -0.3 is 5.32 Å². The van der Waals surface area contributed by atoms with Crippen LogP contribution in [0.25, 0.3) is 0 Å². The highest BCUT2D eigenvalue weighted by Crippen LogP contribution is 2.22. The molecule has 2 heterocycles. The molecule has 0 aromatic carbocycles. The third kappa shape index (κ3) is 3.41. The minimum absolute atomic E-state index is 0.0279. The molecule has 2 aromatic heterocycles. The van der Waals surface area contributed by atoms with E-state index < -0.39 is 0 Å². The van der Waals surface area contributed by atoms with Crippen LogP contribution in [-0.2, 0) is 24.2 Å². The molecule has 0 spiro atoms. The predicted molar refractivity (Wildman–Crippen MR) is 80.0 cm³/mol. The fraction of sp³-hybridized carbons (Fsp3) is 0.429. The molecule has 2 N–H and O–H groups in total. The van der Waals surface area contributed by atoms with E-state index in [9.17, 15) is 4.79 Å². The van der Waals surface area contributed by atoms with Crippen LogP contribution in [-0.4, -0.2) is 31.8 Å². The van der Waals surface area contributed by atoms with Crippen molar-refractivity contribution in [1.82, 2.24) is 25.5 Å². The third-order valence-corrected chi connectivity index (χ3v) is 4.31. The molecule has 0 bridgehead atoms. The Bertz CT molecular complexity index is 655. The molecule has 21 heavy (non-hydrogen) atoms. The molecule has 0 saturated heterocycles. The second kappa shape index (κ2) is 6.26. The summed E-state index contributed by atoms with van der Waals surface area (Å²) in [4.78, 5) is 20.3. The Morgan fingerprint density at radius 2 is 2.38 bits per heavy atom. The van der Waals surface area contributed by atoms with Crippen molar-refractivity contribution >= 4 is 17.7 Å². The topological polar surface area (TPSA) is 83.6 Å². The molecular weight excluding hydrogens is 286 g/mol. The van der Waals surface area contributed by atoms with Gasteiger partial charge in [-0.25, -0.2) is 9.97 Å². The van der Waals surface area contributed by atoms with Gasteiger partial charge in [0.05, 0.1) is 18.0 Å². The van der Waals surface area contributed by atoms with Gasteiger partial charge in [0.25, 0.3) is 0 Å². The van der Waals surface area contributed by atoms with Crippen molar-refractivity contribution in [1.29, 1.82) is 0 Å². The molecule has 1 aliphatic rings. The fourth-order valence-corrected chi connectivity index (χ4v) is 3.10. The zero-order chi connectivity index (χ0) is 14.7. The number of fused-ring (bicyclic) bond motifs is 1. The Hall–Kier alpha value is -1.89. The van der Waals surface area contributed by atoms with Crippen LogP contribution in [0.3, 0.4) is 0 Å². The van der Waals surface area contributed by atoms with E-state index in [2.05, 4.69) is 25.5 Å². The maximum absolute atomic E-state index is 11.9. The third-order valence-electron chi connectivity index (χ3n) is 3.45. The number of nitrogens with one attached hydrogen (secondary N) is 2. The summed E-state index contributed by atoms with van der Waals surface area (Å²) in [7, 11) is 0. The first-order valence-electron chi connectivity index (χ1n) is 6.96. The van der Waals surface area contributed by atoms with Crippen molar-refractivity contribution in [3.8, 4) is 0 Å². The Morgan fingerprint density at radius 1 is 1.48 bits per heavy atom. The van der Waals surface area contributed by atoms with Gasteiger partial charge in [0.15, 0.2) is 5.16 Å². The summed E-state index contributed by atoms with van der Waals surface area (Å²) in [5, 5.41) is 10.8. The molecule has 3 rings (SSSR count). The first kappa shape index (κ1) is 14.1. The van der Waals surface area contributed by atoms with Crippen molar-refractivity contribution in [2.24, 2.45) is 0 Å². The molecule has 6 nitrogen and oxygen atoms in total. The van der Waals surface area contributed by atoms with Gasteiger partial charge in [0.2, 0.25) is 5.91 Å². The van der Waals surface area contributed by atoms with Gasteiger partial charge in [-0.15, -0.1) is 0 Å². The number of amides is 1. The highest BCUT2D eigenvalue weighted by Gasteiger charge is 2.18. The average Bonchev–Trinajstić information content (AvgIpc) is 3.06. The number of nitrogens with zero attached hydrogens (tertiary/aromatic N) is 3. The minimum Gasteiger partial charge on any atom is -0.350 e. The molecule has 1 amide bonds. The van der Waals surface area contributed by atoms with Gasteiger partial charge in [-0.05, 0) is 37.8 Å². The number of hydrogen-bond acceptors (Lipinski definition) is 5. The highest BCUT2D eigenvalue weighted by molar-refractivity contribution is 7.99. The number of aromatic nitrogens is 4. The summed E-state index contributed by atoms with van der Waals surface area (Å²) in [6.07, 6.45) is 5.00. The molecule has 0 atom stereocenters. The fourth-order valence-electron chi connectivity index (χ4n) is 2.39. The van der Waals surface area contributed by atoms with Gasteiger partial charge in [0.1, 0.15) is 0 Å². The Balaban J connectivity index is 1.48. The van der Waals surface area contributed by atoms with E-state index in [0.29, 0.717) is 17.5 Å². The second-order valence-electron chi connectivity index (χ2n) is 5.03. The van der Waals surface area contributed by atoms with E-state index in [-0.39, 0.29) is 5.91 Å². The Morgan fingerprint density at radius 3 is 3.24 bits per heavy atom. The van der Waals surface area contributed by atoms with Crippen molar-refractivity contribution in [3.05, 3.63) is 34.9 Å². The number of aryl methyl sites for hydroxylation is 2. The molecule has 7 heteroatoms. The van der Waals surface area contributed by atoms with Crippen molar-refractivity contribution in [2.75, 3.05) is 5.75 Å². The van der Waals surface area contributed by atoms with Crippen LogP contribution in [0.1, 0.15) is 29.1 Å². The van der Waals surface area contributed by atoms with Crippen LogP contribution in [0.4, 0.5) is 0 Å². The number of H-pyrrole nitrogens is 1. The van der Waals surface area contributed by atoms with Crippen LogP contribution >= 0.6 is 11.8 Å². The molecule has 0 unspecified atom stereocenters. The molecule has 0 radical (unpaired) electrons. The van der Waals surface area contributed by atoms with E-state index in [1.165, 1.54) is 29.4 Å². The number of aromatic amines is 1. The van der Waals surface area contributed by atoms with Crippen molar-refractivity contribution < 1.29 is 4.79 Å². The Labute approximate surface area is 127 Å². The molecule has 110 valence electrons. The van der Waals surface area contributed by atoms with Gasteiger partial charge >= 0.3 is 0 Å². The van der Waals surface area contributed by atoms with Crippen LogP contribution in [0.2, 0.25) is 0 Å². The summed E-state index contributed by atoms with van der Waals surface area (Å²) in [6, 6.07) is 1.84. The number of thioether (sulfide) groups is 1. The summed E-state index contributed by atoms with van der Waals surface area (Å²) in [5.41, 5.74) is 4.37. The van der Waals surface area contributed by atoms with Crippen LogP contribution in [0.15, 0.2) is 17.4 Å². The lowest BCUT2D eigenvalue weighted by Crippen LogP contribution is -2.25. The minimum atomic E-state index is -0.0279. The Kier molecular flexibility index (Phi) is 4.19. The average molecular weight is 303 g/mol. The molecule has 1 aliphatic carbocycles. The van der Waals surface area contributed by atoms with E-state index in [1.54, 1.807) is 6.20 Å². The van der Waals surface area contributed by atoms with Gasteiger partial charge in [-0.2, -0.15) is 5.10 Å². The van der Waals surface area contributed by atoms with Gasteiger partial charge in [-0.1, -0.05) is 11.8 Å². The largest absolute Gasteiger partial charge is 0.350 e. The van der Waals surface area contributed by atoms with E-state index in [4.69, 9.17) is 0 Å². The maximum atomic E-state index is 11.9. The van der Waals surface area contributed by atoms with Gasteiger partial charge in [0, 0.05) is 17.6 Å². The lowest BCUT2D eigenvalue weighted by molar-refractivity contribution is -0.118. The van der Waals surface area contributed by atoms with Crippen molar-refractivity contribution in [3.63, 3.8) is 0 Å². The SMILES string of the molecule is Cc1ccnc(SCC(=O)NCc2n[nH]c3c2CCC3)n1. The van der Waals surface area contributed by atoms with Crippen LogP contribution in [0.5, 0.6) is 0 Å². The summed E-state index contributed by atoms with van der Waals surface area (Å²) in [5.74, 6) is 0.288. The number of rotatable bonds is 5. The summed E-state index contributed by atoms with van der Waals surface area (Å²) < 4.78 is 0.